The van der Waals surface area contributed by atoms with Gasteiger partial charge < -0.3 is 10.6 Å². The fourth-order valence-electron chi connectivity index (χ4n) is 4.16. The first-order chi connectivity index (χ1) is 13.4. The number of rotatable bonds is 6. The Kier molecular flexibility index (Phi) is 6.99. The topological polar surface area (TPSA) is 73.8 Å². The molecular weight excluding hydrogens is 372 g/mol. The van der Waals surface area contributed by atoms with Gasteiger partial charge in [-0.05, 0) is 36.8 Å². The first-order valence-electron chi connectivity index (χ1n) is 10.4. The van der Waals surface area contributed by atoms with Crippen LogP contribution in [0.2, 0.25) is 0 Å². The zero-order chi connectivity index (χ0) is 20.1. The summed E-state index contributed by atoms with van der Waals surface area (Å²) in [6.45, 7) is 10.0. The predicted molar refractivity (Wildman–Crippen MR) is 115 cm³/mol. The van der Waals surface area contributed by atoms with Crippen LogP contribution in [-0.4, -0.2) is 62.5 Å². The van der Waals surface area contributed by atoms with Crippen molar-refractivity contribution in [1.82, 2.24) is 15.5 Å². The van der Waals surface area contributed by atoms with Crippen molar-refractivity contribution in [3.8, 4) is 0 Å². The van der Waals surface area contributed by atoms with Gasteiger partial charge >= 0.3 is 0 Å². The first-order valence-corrected chi connectivity index (χ1v) is 12.3. The van der Waals surface area contributed by atoms with Crippen molar-refractivity contribution >= 4 is 15.8 Å². The lowest BCUT2D eigenvalue weighted by molar-refractivity contribution is 0.144. The smallest absolute Gasteiger partial charge is 0.191 e. The summed E-state index contributed by atoms with van der Waals surface area (Å²) in [5.74, 6) is 1.69. The van der Waals surface area contributed by atoms with E-state index in [4.69, 9.17) is 4.99 Å². The van der Waals surface area contributed by atoms with Crippen LogP contribution in [0, 0.1) is 5.92 Å². The van der Waals surface area contributed by atoms with Crippen molar-refractivity contribution in [3.63, 3.8) is 0 Å². The number of benzene rings is 1. The van der Waals surface area contributed by atoms with Crippen LogP contribution in [0.1, 0.15) is 38.3 Å². The Morgan fingerprint density at radius 2 is 2.04 bits per heavy atom. The molecule has 3 rings (SSSR count). The molecule has 0 aromatic heterocycles. The van der Waals surface area contributed by atoms with Crippen LogP contribution in [0.4, 0.5) is 0 Å². The third-order valence-electron chi connectivity index (χ3n) is 5.75. The molecule has 0 bridgehead atoms. The van der Waals surface area contributed by atoms with Crippen LogP contribution in [0.15, 0.2) is 29.3 Å². The van der Waals surface area contributed by atoms with Crippen molar-refractivity contribution in [2.24, 2.45) is 10.9 Å². The van der Waals surface area contributed by atoms with Gasteiger partial charge in [-0.1, -0.05) is 38.1 Å². The molecule has 28 heavy (non-hydrogen) atoms. The fraction of sp³-hybridized carbons (Fsp3) is 0.667. The zero-order valence-corrected chi connectivity index (χ0v) is 18.1. The highest BCUT2D eigenvalue weighted by molar-refractivity contribution is 7.91. The number of nitrogens with one attached hydrogen (secondary N) is 2. The van der Waals surface area contributed by atoms with Gasteiger partial charge in [0.25, 0.3) is 0 Å². The van der Waals surface area contributed by atoms with Gasteiger partial charge in [-0.15, -0.1) is 0 Å². The van der Waals surface area contributed by atoms with Crippen molar-refractivity contribution in [2.75, 3.05) is 31.1 Å². The summed E-state index contributed by atoms with van der Waals surface area (Å²) < 4.78 is 23.5. The second kappa shape index (κ2) is 9.27. The summed E-state index contributed by atoms with van der Waals surface area (Å²) in [4.78, 5) is 7.38. The zero-order valence-electron chi connectivity index (χ0n) is 17.3. The lowest BCUT2D eigenvalue weighted by atomic mass is 9.95. The van der Waals surface area contributed by atoms with Gasteiger partial charge in [0, 0.05) is 31.7 Å². The van der Waals surface area contributed by atoms with Crippen molar-refractivity contribution in [1.29, 1.82) is 0 Å². The molecule has 0 aliphatic carbocycles. The Bertz CT molecular complexity index is 791. The van der Waals surface area contributed by atoms with Crippen LogP contribution in [0.3, 0.4) is 0 Å². The standard InChI is InChI=1S/C21H34N4O2S/c1-4-22-21(24-19-10-12-28(26,27)15-19)23-13-20(16(2)3)25-11-9-17-7-5-6-8-18(17)14-25/h5-8,16,19-20H,4,9-15H2,1-3H3,(H2,22,23,24). The highest BCUT2D eigenvalue weighted by Gasteiger charge is 2.29. The summed E-state index contributed by atoms with van der Waals surface area (Å²) in [6, 6.07) is 9.02. The molecule has 2 N–H and O–H groups in total. The summed E-state index contributed by atoms with van der Waals surface area (Å²) in [7, 11) is -2.90. The maximum absolute atomic E-state index is 11.7. The van der Waals surface area contributed by atoms with E-state index >= 15 is 0 Å². The van der Waals surface area contributed by atoms with Crippen molar-refractivity contribution < 1.29 is 8.42 Å². The minimum Gasteiger partial charge on any atom is -0.357 e. The Balaban J connectivity index is 1.66. The Hall–Kier alpha value is -1.60. The van der Waals surface area contributed by atoms with Gasteiger partial charge in [0.2, 0.25) is 0 Å². The van der Waals surface area contributed by atoms with Crippen LogP contribution in [0.5, 0.6) is 0 Å². The molecule has 0 spiro atoms. The average Bonchev–Trinajstić information content (AvgIpc) is 3.00. The van der Waals surface area contributed by atoms with E-state index in [1.54, 1.807) is 0 Å². The van der Waals surface area contributed by atoms with E-state index in [1.807, 2.05) is 6.92 Å². The minimum absolute atomic E-state index is 0.0397. The predicted octanol–water partition coefficient (Wildman–Crippen LogP) is 1.81. The van der Waals surface area contributed by atoms with E-state index in [1.165, 1.54) is 11.1 Å². The number of fused-ring (bicyclic) bond motifs is 1. The molecule has 2 aliphatic rings. The molecule has 156 valence electrons. The molecule has 1 saturated heterocycles. The minimum atomic E-state index is -2.90. The molecule has 7 heteroatoms. The third kappa shape index (κ3) is 5.47. The van der Waals surface area contributed by atoms with Crippen LogP contribution in [0.25, 0.3) is 0 Å². The monoisotopic (exact) mass is 406 g/mol. The molecule has 0 radical (unpaired) electrons. The number of sulfone groups is 1. The van der Waals surface area contributed by atoms with Gasteiger partial charge in [0.1, 0.15) is 0 Å². The van der Waals surface area contributed by atoms with Gasteiger partial charge in [-0.2, -0.15) is 0 Å². The van der Waals surface area contributed by atoms with Gasteiger partial charge in [0.15, 0.2) is 15.8 Å². The maximum atomic E-state index is 11.7. The van der Waals surface area contributed by atoms with E-state index in [-0.39, 0.29) is 17.5 Å². The van der Waals surface area contributed by atoms with Crippen LogP contribution < -0.4 is 10.6 Å². The number of hydrogen-bond donors (Lipinski definition) is 2. The number of hydrogen-bond acceptors (Lipinski definition) is 4. The molecule has 2 heterocycles. The molecule has 2 aliphatic heterocycles. The van der Waals surface area contributed by atoms with E-state index in [0.29, 0.717) is 24.9 Å². The van der Waals surface area contributed by atoms with Crippen molar-refractivity contribution in [3.05, 3.63) is 35.4 Å². The second-order valence-electron chi connectivity index (χ2n) is 8.26. The van der Waals surface area contributed by atoms with E-state index < -0.39 is 9.84 Å². The second-order valence-corrected chi connectivity index (χ2v) is 10.5. The highest BCUT2D eigenvalue weighted by atomic mass is 32.2. The number of nitrogens with zero attached hydrogens (tertiary/aromatic N) is 2. The lowest BCUT2D eigenvalue weighted by Crippen LogP contribution is -2.47. The van der Waals surface area contributed by atoms with E-state index in [0.717, 1.165) is 32.0 Å². The van der Waals surface area contributed by atoms with Gasteiger partial charge in [-0.25, -0.2) is 8.42 Å². The summed E-state index contributed by atoms with van der Waals surface area (Å²) in [5, 5.41) is 6.60. The first kappa shape index (κ1) is 21.1. The molecular formula is C21H34N4O2S. The van der Waals surface area contributed by atoms with Gasteiger partial charge in [0.05, 0.1) is 18.1 Å². The SMILES string of the molecule is CCNC(=NCC(C(C)C)N1CCc2ccccc2C1)NC1CCS(=O)(=O)C1. The lowest BCUT2D eigenvalue weighted by Gasteiger charge is -2.37. The van der Waals surface area contributed by atoms with E-state index in [9.17, 15) is 8.42 Å². The largest absolute Gasteiger partial charge is 0.357 e. The highest BCUT2D eigenvalue weighted by Crippen LogP contribution is 2.23. The quantitative estimate of drug-likeness (QED) is 0.557. The molecule has 1 aromatic carbocycles. The molecule has 6 nitrogen and oxygen atoms in total. The molecule has 0 saturated carbocycles. The molecule has 2 unspecified atom stereocenters. The van der Waals surface area contributed by atoms with E-state index in [2.05, 4.69) is 53.6 Å². The van der Waals surface area contributed by atoms with Crippen molar-refractivity contribution in [2.45, 2.75) is 52.2 Å². The Labute approximate surface area is 169 Å². The average molecular weight is 407 g/mol. The Morgan fingerprint density at radius 3 is 2.68 bits per heavy atom. The molecule has 1 aromatic rings. The Morgan fingerprint density at radius 1 is 1.29 bits per heavy atom. The third-order valence-corrected chi connectivity index (χ3v) is 7.52. The molecule has 0 amide bonds. The molecule has 1 fully saturated rings. The maximum Gasteiger partial charge on any atom is 0.191 e. The van der Waals surface area contributed by atoms with Crippen LogP contribution in [-0.2, 0) is 22.8 Å². The summed E-state index contributed by atoms with van der Waals surface area (Å²) in [5.41, 5.74) is 2.88. The van der Waals surface area contributed by atoms with Gasteiger partial charge in [-0.3, -0.25) is 9.89 Å². The normalized spacial score (nSPS) is 23.4. The number of aliphatic imine (C=N–C) groups is 1. The summed E-state index contributed by atoms with van der Waals surface area (Å²) in [6.07, 6.45) is 1.74. The summed E-state index contributed by atoms with van der Waals surface area (Å²) >= 11 is 0. The number of guanidine groups is 1. The van der Waals surface area contributed by atoms with Crippen LogP contribution >= 0.6 is 0 Å². The fourth-order valence-corrected chi connectivity index (χ4v) is 5.83. The molecule has 2 atom stereocenters.